The lowest BCUT2D eigenvalue weighted by Gasteiger charge is -2.09. The van der Waals surface area contributed by atoms with Gasteiger partial charge in [0.25, 0.3) is 5.91 Å². The molecule has 3 aromatic rings. The molecule has 1 amide bonds. The standard InChI is InChI=1S/C16H14FN5O/c17-13-6-7-14(15(10-13)22-11-19-20-21-22)16(23)18-9-8-12-4-2-1-3-5-12/h1-7,10-11H,8-9H2,(H,18,23). The van der Waals surface area contributed by atoms with Crippen LogP contribution >= 0.6 is 0 Å². The average Bonchev–Trinajstić information content (AvgIpc) is 3.10. The third kappa shape index (κ3) is 3.57. The molecule has 2 aromatic carbocycles. The van der Waals surface area contributed by atoms with Gasteiger partial charge >= 0.3 is 0 Å². The van der Waals surface area contributed by atoms with E-state index in [0.29, 0.717) is 24.2 Å². The van der Waals surface area contributed by atoms with Gasteiger partial charge in [0.2, 0.25) is 0 Å². The quantitative estimate of drug-likeness (QED) is 0.779. The van der Waals surface area contributed by atoms with Gasteiger partial charge in [-0.25, -0.2) is 4.39 Å². The van der Waals surface area contributed by atoms with Crippen LogP contribution in [0.1, 0.15) is 15.9 Å². The second kappa shape index (κ2) is 6.78. The van der Waals surface area contributed by atoms with Crippen LogP contribution in [-0.2, 0) is 6.42 Å². The summed E-state index contributed by atoms with van der Waals surface area (Å²) in [4.78, 5) is 12.3. The first-order valence-corrected chi connectivity index (χ1v) is 7.09. The van der Waals surface area contributed by atoms with Crippen LogP contribution in [0.4, 0.5) is 4.39 Å². The van der Waals surface area contributed by atoms with Gasteiger partial charge in [0.1, 0.15) is 12.1 Å². The van der Waals surface area contributed by atoms with Crippen molar-refractivity contribution >= 4 is 5.91 Å². The monoisotopic (exact) mass is 311 g/mol. The second-order valence-corrected chi connectivity index (χ2v) is 4.91. The van der Waals surface area contributed by atoms with Crippen molar-refractivity contribution in [3.63, 3.8) is 0 Å². The molecule has 6 nitrogen and oxygen atoms in total. The van der Waals surface area contributed by atoms with Crippen molar-refractivity contribution in [2.24, 2.45) is 0 Å². The van der Waals surface area contributed by atoms with Gasteiger partial charge in [-0.1, -0.05) is 30.3 Å². The summed E-state index contributed by atoms with van der Waals surface area (Å²) in [6, 6.07) is 13.7. The molecule has 3 rings (SSSR count). The first kappa shape index (κ1) is 14.8. The number of nitrogens with one attached hydrogen (secondary N) is 1. The highest BCUT2D eigenvalue weighted by Gasteiger charge is 2.14. The van der Waals surface area contributed by atoms with Gasteiger partial charge in [0.05, 0.1) is 11.3 Å². The molecule has 0 bridgehead atoms. The third-order valence-corrected chi connectivity index (χ3v) is 3.34. The van der Waals surface area contributed by atoms with Crippen LogP contribution in [-0.4, -0.2) is 32.7 Å². The molecular weight excluding hydrogens is 297 g/mol. The van der Waals surface area contributed by atoms with E-state index in [1.807, 2.05) is 30.3 Å². The summed E-state index contributed by atoms with van der Waals surface area (Å²) in [5.74, 6) is -0.761. The van der Waals surface area contributed by atoms with Crippen molar-refractivity contribution in [2.45, 2.75) is 6.42 Å². The Hall–Kier alpha value is -3.09. The maximum Gasteiger partial charge on any atom is 0.253 e. The van der Waals surface area contributed by atoms with Crippen molar-refractivity contribution in [1.29, 1.82) is 0 Å². The molecule has 23 heavy (non-hydrogen) atoms. The fourth-order valence-electron chi connectivity index (χ4n) is 2.22. The first-order valence-electron chi connectivity index (χ1n) is 7.09. The Labute approximate surface area is 132 Å². The topological polar surface area (TPSA) is 72.7 Å². The number of hydrogen-bond acceptors (Lipinski definition) is 4. The van der Waals surface area contributed by atoms with E-state index in [1.54, 1.807) is 0 Å². The van der Waals surface area contributed by atoms with E-state index in [4.69, 9.17) is 0 Å². The predicted molar refractivity (Wildman–Crippen MR) is 81.6 cm³/mol. The fourth-order valence-corrected chi connectivity index (χ4v) is 2.22. The Morgan fingerprint density at radius 2 is 2.00 bits per heavy atom. The normalized spacial score (nSPS) is 10.5. The van der Waals surface area contributed by atoms with E-state index in [1.165, 1.54) is 29.2 Å². The molecule has 0 aliphatic heterocycles. The summed E-state index contributed by atoms with van der Waals surface area (Å²) in [5.41, 5.74) is 1.74. The Bertz CT molecular complexity index is 789. The van der Waals surface area contributed by atoms with E-state index in [9.17, 15) is 9.18 Å². The molecule has 1 aromatic heterocycles. The van der Waals surface area contributed by atoms with Crippen molar-refractivity contribution < 1.29 is 9.18 Å². The van der Waals surface area contributed by atoms with Gasteiger partial charge < -0.3 is 5.32 Å². The number of rotatable bonds is 5. The number of nitrogens with zero attached hydrogens (tertiary/aromatic N) is 4. The number of amides is 1. The number of benzene rings is 2. The van der Waals surface area contributed by atoms with Crippen LogP contribution in [0.15, 0.2) is 54.9 Å². The summed E-state index contributed by atoms with van der Waals surface area (Å²) in [6.07, 6.45) is 2.03. The molecule has 0 aliphatic carbocycles. The van der Waals surface area contributed by atoms with Gasteiger partial charge in [-0.3, -0.25) is 4.79 Å². The van der Waals surface area contributed by atoms with Crippen LogP contribution in [0, 0.1) is 5.82 Å². The molecular formula is C16H14FN5O. The van der Waals surface area contributed by atoms with Crippen molar-refractivity contribution in [2.75, 3.05) is 6.54 Å². The summed E-state index contributed by atoms with van der Waals surface area (Å²) >= 11 is 0. The number of aromatic nitrogens is 4. The molecule has 116 valence electrons. The minimum Gasteiger partial charge on any atom is -0.352 e. The molecule has 0 radical (unpaired) electrons. The molecule has 1 N–H and O–H groups in total. The molecule has 0 spiro atoms. The zero-order chi connectivity index (χ0) is 16.1. The molecule has 0 fully saturated rings. The fraction of sp³-hybridized carbons (Fsp3) is 0.125. The highest BCUT2D eigenvalue weighted by atomic mass is 19.1. The van der Waals surface area contributed by atoms with Crippen molar-refractivity contribution in [1.82, 2.24) is 25.5 Å². The number of halogens is 1. The average molecular weight is 311 g/mol. The highest BCUT2D eigenvalue weighted by molar-refractivity contribution is 5.97. The SMILES string of the molecule is O=C(NCCc1ccccc1)c1ccc(F)cc1-n1cnnn1. The molecule has 0 saturated heterocycles. The Morgan fingerprint density at radius 1 is 1.17 bits per heavy atom. The molecule has 0 atom stereocenters. The maximum absolute atomic E-state index is 13.5. The summed E-state index contributed by atoms with van der Waals surface area (Å²) in [7, 11) is 0. The van der Waals surface area contributed by atoms with Gasteiger partial charge in [0, 0.05) is 12.6 Å². The largest absolute Gasteiger partial charge is 0.352 e. The van der Waals surface area contributed by atoms with E-state index in [0.717, 1.165) is 5.56 Å². The highest BCUT2D eigenvalue weighted by Crippen LogP contribution is 2.15. The lowest BCUT2D eigenvalue weighted by Crippen LogP contribution is -2.27. The second-order valence-electron chi connectivity index (χ2n) is 4.91. The van der Waals surface area contributed by atoms with Gasteiger partial charge in [0.15, 0.2) is 0 Å². The smallest absolute Gasteiger partial charge is 0.253 e. The molecule has 7 heteroatoms. The number of tetrazole rings is 1. The summed E-state index contributed by atoms with van der Waals surface area (Å²) < 4.78 is 14.7. The lowest BCUT2D eigenvalue weighted by atomic mass is 10.1. The molecule has 0 unspecified atom stereocenters. The minimum absolute atomic E-state index is 0.298. The van der Waals surface area contributed by atoms with E-state index < -0.39 is 5.82 Å². The van der Waals surface area contributed by atoms with Crippen LogP contribution < -0.4 is 5.32 Å². The van der Waals surface area contributed by atoms with Crippen LogP contribution in [0.3, 0.4) is 0 Å². The number of carbonyl (C=O) groups is 1. The first-order chi connectivity index (χ1) is 11.2. The predicted octanol–water partition coefficient (Wildman–Crippen LogP) is 1.77. The zero-order valence-electron chi connectivity index (χ0n) is 12.2. The van der Waals surface area contributed by atoms with Gasteiger partial charge in [-0.2, -0.15) is 4.68 Å². The van der Waals surface area contributed by atoms with Crippen molar-refractivity contribution in [3.8, 4) is 5.69 Å². The Balaban J connectivity index is 1.72. The third-order valence-electron chi connectivity index (χ3n) is 3.34. The molecule has 1 heterocycles. The lowest BCUT2D eigenvalue weighted by molar-refractivity contribution is 0.0954. The Kier molecular flexibility index (Phi) is 4.37. The summed E-state index contributed by atoms with van der Waals surface area (Å²) in [5, 5.41) is 13.6. The number of carbonyl (C=O) groups excluding carboxylic acids is 1. The zero-order valence-corrected chi connectivity index (χ0v) is 12.2. The van der Waals surface area contributed by atoms with Gasteiger partial charge in [-0.15, -0.1) is 5.10 Å². The maximum atomic E-state index is 13.5. The number of hydrogen-bond donors (Lipinski definition) is 1. The minimum atomic E-state index is -0.462. The van der Waals surface area contributed by atoms with Crippen molar-refractivity contribution in [3.05, 3.63) is 71.8 Å². The molecule has 0 saturated carbocycles. The molecule has 0 aliphatic rings. The Morgan fingerprint density at radius 3 is 2.74 bits per heavy atom. The van der Waals surface area contributed by atoms with E-state index >= 15 is 0 Å². The van der Waals surface area contributed by atoms with E-state index in [2.05, 4.69) is 20.8 Å². The van der Waals surface area contributed by atoms with Crippen LogP contribution in [0.5, 0.6) is 0 Å². The summed E-state index contributed by atoms with van der Waals surface area (Å²) in [6.45, 7) is 0.481. The van der Waals surface area contributed by atoms with E-state index in [-0.39, 0.29) is 5.91 Å². The van der Waals surface area contributed by atoms with Crippen LogP contribution in [0.25, 0.3) is 5.69 Å². The van der Waals surface area contributed by atoms with Gasteiger partial charge in [-0.05, 0) is 34.5 Å². The van der Waals surface area contributed by atoms with Crippen LogP contribution in [0.2, 0.25) is 0 Å².